The lowest BCUT2D eigenvalue weighted by Crippen LogP contribution is -2.44. The molecule has 3 nitrogen and oxygen atoms in total. The first-order chi connectivity index (χ1) is 8.88. The zero-order chi connectivity index (χ0) is 12.4. The van der Waals surface area contributed by atoms with Gasteiger partial charge in [0.2, 0.25) is 6.21 Å². The van der Waals surface area contributed by atoms with E-state index in [9.17, 15) is 0 Å². The highest BCUT2D eigenvalue weighted by Gasteiger charge is 2.32. The summed E-state index contributed by atoms with van der Waals surface area (Å²) in [5.41, 5.74) is 2.84. The average molecular weight is 245 g/mol. The Bertz CT molecular complexity index is 456. The van der Waals surface area contributed by atoms with Gasteiger partial charge in [-0.05, 0) is 24.5 Å². The second-order valence-electron chi connectivity index (χ2n) is 5.16. The fourth-order valence-electron chi connectivity index (χ4n) is 3.07. The molecular weight excluding hydrogens is 224 g/mol. The van der Waals surface area contributed by atoms with Gasteiger partial charge < -0.3 is 4.74 Å². The Hall–Kier alpha value is -1.35. The van der Waals surface area contributed by atoms with Gasteiger partial charge in [0.05, 0.1) is 13.2 Å². The van der Waals surface area contributed by atoms with E-state index in [-0.39, 0.29) is 0 Å². The highest BCUT2D eigenvalue weighted by atomic mass is 16.5. The first-order valence-electron chi connectivity index (χ1n) is 6.83. The van der Waals surface area contributed by atoms with E-state index in [1.807, 2.05) is 0 Å². The van der Waals surface area contributed by atoms with Crippen LogP contribution in [0.3, 0.4) is 0 Å². The van der Waals surface area contributed by atoms with Crippen LogP contribution in [0.5, 0.6) is 0 Å². The summed E-state index contributed by atoms with van der Waals surface area (Å²) in [6.45, 7) is 3.09. The van der Waals surface area contributed by atoms with Gasteiger partial charge in [-0.15, -0.1) is 4.68 Å². The molecule has 18 heavy (non-hydrogen) atoms. The normalized spacial score (nSPS) is 22.8. The zero-order valence-corrected chi connectivity index (χ0v) is 11.0. The van der Waals surface area contributed by atoms with Crippen LogP contribution in [-0.4, -0.2) is 48.8 Å². The molecular formula is C15H21N2O+. The number of hydrogen-bond donors (Lipinski definition) is 0. The quantitative estimate of drug-likeness (QED) is 0.753. The second-order valence-corrected chi connectivity index (χ2v) is 5.16. The van der Waals surface area contributed by atoms with Crippen LogP contribution in [0.4, 0.5) is 0 Å². The molecule has 2 aliphatic heterocycles. The number of hydrogen-bond acceptors (Lipinski definition) is 2. The van der Waals surface area contributed by atoms with E-state index in [1.54, 1.807) is 7.11 Å². The smallest absolute Gasteiger partial charge is 0.201 e. The first kappa shape index (κ1) is 11.7. The standard InChI is InChI=1S/C15H21N2O/c1-18-12-15-7-4-9-17(15)16-10-8-13-5-2-3-6-14(13)11-16/h2-3,5-6,11,15H,4,7-10,12H2,1H3/q+1/t15-/m1/s1. The van der Waals surface area contributed by atoms with Crippen LogP contribution < -0.4 is 0 Å². The Morgan fingerprint density at radius 3 is 3.17 bits per heavy atom. The molecule has 1 atom stereocenters. The zero-order valence-electron chi connectivity index (χ0n) is 11.0. The Morgan fingerprint density at radius 1 is 1.39 bits per heavy atom. The maximum absolute atomic E-state index is 5.33. The molecule has 0 saturated carbocycles. The molecule has 2 aliphatic rings. The summed E-state index contributed by atoms with van der Waals surface area (Å²) in [4.78, 5) is 0. The van der Waals surface area contributed by atoms with E-state index in [1.165, 1.54) is 24.0 Å². The van der Waals surface area contributed by atoms with Crippen molar-refractivity contribution in [2.75, 3.05) is 26.8 Å². The number of methoxy groups -OCH3 is 1. The van der Waals surface area contributed by atoms with Crippen molar-refractivity contribution in [3.8, 4) is 0 Å². The number of nitrogens with zero attached hydrogens (tertiary/aromatic N) is 2. The predicted octanol–water partition coefficient (Wildman–Crippen LogP) is 1.70. The lowest BCUT2D eigenvalue weighted by molar-refractivity contribution is -0.691. The van der Waals surface area contributed by atoms with Crippen LogP contribution in [0.15, 0.2) is 24.3 Å². The summed E-state index contributed by atoms with van der Waals surface area (Å²) < 4.78 is 7.74. The van der Waals surface area contributed by atoms with Gasteiger partial charge >= 0.3 is 0 Å². The summed E-state index contributed by atoms with van der Waals surface area (Å²) >= 11 is 0. The average Bonchev–Trinajstić information content (AvgIpc) is 2.87. The molecule has 0 spiro atoms. The van der Waals surface area contributed by atoms with Gasteiger partial charge in [0.1, 0.15) is 6.04 Å². The molecule has 2 heterocycles. The van der Waals surface area contributed by atoms with Crippen LogP contribution >= 0.6 is 0 Å². The van der Waals surface area contributed by atoms with Gasteiger partial charge in [-0.3, -0.25) is 0 Å². The van der Waals surface area contributed by atoms with Crippen molar-refractivity contribution >= 4 is 6.21 Å². The number of fused-ring (bicyclic) bond motifs is 1. The molecule has 1 fully saturated rings. The SMILES string of the molecule is COC[C@H]1CCCN1[N+]1=Cc2ccccc2CC1. The molecule has 3 rings (SSSR count). The minimum atomic E-state index is 0.552. The van der Waals surface area contributed by atoms with Crippen LogP contribution in [0.2, 0.25) is 0 Å². The maximum Gasteiger partial charge on any atom is 0.201 e. The van der Waals surface area contributed by atoms with Gasteiger partial charge in [-0.25, -0.2) is 0 Å². The monoisotopic (exact) mass is 245 g/mol. The largest absolute Gasteiger partial charge is 0.382 e. The molecule has 1 aromatic rings. The summed E-state index contributed by atoms with van der Waals surface area (Å²) in [7, 11) is 1.80. The van der Waals surface area contributed by atoms with Gasteiger partial charge in [-0.2, -0.15) is 5.01 Å². The van der Waals surface area contributed by atoms with Gasteiger partial charge in [0, 0.05) is 19.1 Å². The Balaban J connectivity index is 1.83. The molecule has 0 amide bonds. The van der Waals surface area contributed by atoms with Gasteiger partial charge in [-0.1, -0.05) is 18.2 Å². The van der Waals surface area contributed by atoms with Crippen molar-refractivity contribution in [3.63, 3.8) is 0 Å². The third-order valence-corrected chi connectivity index (χ3v) is 3.99. The Labute approximate surface area is 109 Å². The topological polar surface area (TPSA) is 15.5 Å². The van der Waals surface area contributed by atoms with Gasteiger partial charge in [0.25, 0.3) is 0 Å². The number of rotatable bonds is 3. The summed E-state index contributed by atoms with van der Waals surface area (Å²) in [5.74, 6) is 0. The van der Waals surface area contributed by atoms with E-state index in [0.29, 0.717) is 6.04 Å². The van der Waals surface area contributed by atoms with Crippen LogP contribution in [0.25, 0.3) is 0 Å². The molecule has 0 aromatic heterocycles. The van der Waals surface area contributed by atoms with Gasteiger partial charge in [0.15, 0.2) is 6.54 Å². The Kier molecular flexibility index (Phi) is 3.33. The van der Waals surface area contributed by atoms with Crippen molar-refractivity contribution in [1.82, 2.24) is 5.01 Å². The number of hydrazone groups is 1. The molecule has 0 unspecified atom stereocenters. The maximum atomic E-state index is 5.33. The van der Waals surface area contributed by atoms with E-state index in [4.69, 9.17) is 4.74 Å². The van der Waals surface area contributed by atoms with Crippen molar-refractivity contribution in [2.24, 2.45) is 0 Å². The number of hydrazine groups is 1. The first-order valence-corrected chi connectivity index (χ1v) is 6.83. The minimum Gasteiger partial charge on any atom is -0.382 e. The molecule has 1 saturated heterocycles. The van der Waals surface area contributed by atoms with E-state index >= 15 is 0 Å². The predicted molar refractivity (Wildman–Crippen MR) is 72.0 cm³/mol. The number of ether oxygens (including phenoxy) is 1. The lowest BCUT2D eigenvalue weighted by atomic mass is 10.0. The molecule has 96 valence electrons. The van der Waals surface area contributed by atoms with E-state index in [2.05, 4.69) is 40.2 Å². The second kappa shape index (κ2) is 5.11. The summed E-state index contributed by atoms with van der Waals surface area (Å²) in [6, 6.07) is 9.25. The lowest BCUT2D eigenvalue weighted by Gasteiger charge is -2.24. The fraction of sp³-hybridized carbons (Fsp3) is 0.533. The molecule has 0 bridgehead atoms. The van der Waals surface area contributed by atoms with Crippen molar-refractivity contribution < 1.29 is 9.42 Å². The van der Waals surface area contributed by atoms with Crippen LogP contribution in [-0.2, 0) is 11.2 Å². The summed E-state index contributed by atoms with van der Waals surface area (Å²) in [5, 5.41) is 2.49. The molecule has 0 radical (unpaired) electrons. The van der Waals surface area contributed by atoms with E-state index in [0.717, 1.165) is 26.1 Å². The summed E-state index contributed by atoms with van der Waals surface area (Å²) in [6.07, 6.45) is 5.97. The van der Waals surface area contributed by atoms with Crippen molar-refractivity contribution in [1.29, 1.82) is 0 Å². The number of benzene rings is 1. The highest BCUT2D eigenvalue weighted by molar-refractivity contribution is 5.78. The minimum absolute atomic E-state index is 0.552. The third kappa shape index (κ3) is 2.15. The molecule has 1 aromatic carbocycles. The highest BCUT2D eigenvalue weighted by Crippen LogP contribution is 2.20. The molecule has 0 N–H and O–H groups in total. The fourth-order valence-corrected chi connectivity index (χ4v) is 3.07. The van der Waals surface area contributed by atoms with E-state index < -0.39 is 0 Å². The van der Waals surface area contributed by atoms with Crippen molar-refractivity contribution in [2.45, 2.75) is 25.3 Å². The molecule has 3 heteroatoms. The van der Waals surface area contributed by atoms with Crippen molar-refractivity contribution in [3.05, 3.63) is 35.4 Å². The van der Waals surface area contributed by atoms with Crippen LogP contribution in [0, 0.1) is 0 Å². The Morgan fingerprint density at radius 2 is 2.28 bits per heavy atom. The van der Waals surface area contributed by atoms with Crippen LogP contribution in [0.1, 0.15) is 24.0 Å². The third-order valence-electron chi connectivity index (χ3n) is 3.99. The molecule has 0 aliphatic carbocycles.